The first-order chi connectivity index (χ1) is 11.7. The fourth-order valence-electron chi connectivity index (χ4n) is 7.20. The molecule has 7 unspecified atom stereocenters. The molecule has 0 heterocycles. The zero-order valence-corrected chi connectivity index (χ0v) is 15.5. The van der Waals surface area contributed by atoms with Gasteiger partial charge in [0.2, 0.25) is 0 Å². The highest BCUT2D eigenvalue weighted by Gasteiger charge is 2.66. The Hall–Kier alpha value is -1.32. The number of carbonyl (C=O) groups excluding carboxylic acids is 4. The molecule has 0 amide bonds. The SMILES string of the molecule is CC(=O)C1CCC2C3C(=O)CC4CC(=O)CCC4(C)C3C(=O)CC12C. The van der Waals surface area contributed by atoms with E-state index in [2.05, 4.69) is 13.8 Å². The van der Waals surface area contributed by atoms with Crippen molar-refractivity contribution in [2.75, 3.05) is 0 Å². The Kier molecular flexibility index (Phi) is 3.66. The van der Waals surface area contributed by atoms with Gasteiger partial charge in [-0.05, 0) is 48.9 Å². The van der Waals surface area contributed by atoms with Gasteiger partial charge in [-0.3, -0.25) is 19.2 Å². The summed E-state index contributed by atoms with van der Waals surface area (Å²) in [6.45, 7) is 5.84. The van der Waals surface area contributed by atoms with Crippen molar-refractivity contribution in [3.63, 3.8) is 0 Å². The summed E-state index contributed by atoms with van der Waals surface area (Å²) in [5, 5.41) is 0. The summed E-state index contributed by atoms with van der Waals surface area (Å²) >= 11 is 0. The van der Waals surface area contributed by atoms with Gasteiger partial charge in [-0.25, -0.2) is 0 Å². The molecule has 4 heteroatoms. The number of rotatable bonds is 1. The molecule has 0 saturated heterocycles. The number of Topliss-reactive ketones (excluding diaryl/α,β-unsaturated/α-hetero) is 4. The number of hydrogen-bond donors (Lipinski definition) is 0. The van der Waals surface area contributed by atoms with Crippen LogP contribution in [0, 0.1) is 40.4 Å². The molecule has 0 spiro atoms. The molecule has 25 heavy (non-hydrogen) atoms. The topological polar surface area (TPSA) is 68.3 Å². The van der Waals surface area contributed by atoms with Crippen LogP contribution in [0.1, 0.15) is 65.7 Å². The van der Waals surface area contributed by atoms with Crippen LogP contribution >= 0.6 is 0 Å². The standard InChI is InChI=1S/C21H28O4/c1-11(22)14-4-5-15-18-16(24)9-12-8-13(23)6-7-20(12,2)19(18)17(25)10-21(14,15)3/h12,14-15,18-19H,4-10H2,1-3H3. The maximum atomic E-state index is 13.3. The van der Waals surface area contributed by atoms with Gasteiger partial charge < -0.3 is 0 Å². The Morgan fingerprint density at radius 2 is 1.72 bits per heavy atom. The zero-order chi connectivity index (χ0) is 18.1. The van der Waals surface area contributed by atoms with Crippen LogP contribution in [0.3, 0.4) is 0 Å². The summed E-state index contributed by atoms with van der Waals surface area (Å²) in [7, 11) is 0. The van der Waals surface area contributed by atoms with Crippen molar-refractivity contribution in [1.82, 2.24) is 0 Å². The summed E-state index contributed by atoms with van der Waals surface area (Å²) < 4.78 is 0. The van der Waals surface area contributed by atoms with Crippen molar-refractivity contribution in [3.05, 3.63) is 0 Å². The van der Waals surface area contributed by atoms with Crippen LogP contribution in [-0.4, -0.2) is 23.1 Å². The summed E-state index contributed by atoms with van der Waals surface area (Å²) in [6.07, 6.45) is 4.27. The summed E-state index contributed by atoms with van der Waals surface area (Å²) in [5.74, 6) is 0.357. The fraction of sp³-hybridized carbons (Fsp3) is 0.810. The number of fused-ring (bicyclic) bond motifs is 5. The predicted molar refractivity (Wildman–Crippen MR) is 91.7 cm³/mol. The van der Waals surface area contributed by atoms with Gasteiger partial charge >= 0.3 is 0 Å². The quantitative estimate of drug-likeness (QED) is 0.733. The van der Waals surface area contributed by atoms with Gasteiger partial charge in [-0.2, -0.15) is 0 Å². The minimum absolute atomic E-state index is 0.0285. The maximum Gasteiger partial charge on any atom is 0.137 e. The van der Waals surface area contributed by atoms with Gasteiger partial charge in [0, 0.05) is 43.4 Å². The molecule has 0 aromatic rings. The van der Waals surface area contributed by atoms with E-state index in [1.165, 1.54) is 0 Å². The Morgan fingerprint density at radius 3 is 2.40 bits per heavy atom. The van der Waals surface area contributed by atoms with E-state index in [1.807, 2.05) is 0 Å². The third-order valence-corrected chi connectivity index (χ3v) is 8.47. The molecule has 0 N–H and O–H groups in total. The van der Waals surface area contributed by atoms with Crippen LogP contribution in [-0.2, 0) is 19.2 Å². The Balaban J connectivity index is 1.76. The largest absolute Gasteiger partial charge is 0.300 e. The molecule has 4 saturated carbocycles. The maximum absolute atomic E-state index is 13.3. The number of carbonyl (C=O) groups is 4. The highest BCUT2D eigenvalue weighted by atomic mass is 16.1. The van der Waals surface area contributed by atoms with Gasteiger partial charge in [0.05, 0.1) is 0 Å². The highest BCUT2D eigenvalue weighted by molar-refractivity contribution is 5.96. The van der Waals surface area contributed by atoms with Crippen LogP contribution in [0.25, 0.3) is 0 Å². The van der Waals surface area contributed by atoms with Crippen LogP contribution in [0.15, 0.2) is 0 Å². The molecule has 4 aliphatic rings. The van der Waals surface area contributed by atoms with Crippen LogP contribution in [0.5, 0.6) is 0 Å². The molecular formula is C21H28O4. The van der Waals surface area contributed by atoms with Gasteiger partial charge in [-0.1, -0.05) is 13.8 Å². The summed E-state index contributed by atoms with van der Waals surface area (Å²) in [6, 6.07) is 0. The van der Waals surface area contributed by atoms with Crippen LogP contribution in [0.2, 0.25) is 0 Å². The lowest BCUT2D eigenvalue weighted by molar-refractivity contribution is -0.169. The van der Waals surface area contributed by atoms with Gasteiger partial charge in [0.1, 0.15) is 23.1 Å². The first kappa shape index (κ1) is 17.1. The van der Waals surface area contributed by atoms with E-state index in [0.717, 1.165) is 19.3 Å². The van der Waals surface area contributed by atoms with E-state index in [9.17, 15) is 19.2 Å². The van der Waals surface area contributed by atoms with E-state index in [-0.39, 0.29) is 63.6 Å². The smallest absolute Gasteiger partial charge is 0.137 e. The Morgan fingerprint density at radius 1 is 1.00 bits per heavy atom. The molecule has 4 aliphatic carbocycles. The zero-order valence-electron chi connectivity index (χ0n) is 15.5. The molecule has 4 rings (SSSR count). The lowest BCUT2D eigenvalue weighted by Crippen LogP contribution is -2.60. The molecular weight excluding hydrogens is 316 g/mol. The molecule has 7 atom stereocenters. The normalized spacial score (nSPS) is 49.4. The highest BCUT2D eigenvalue weighted by Crippen LogP contribution is 2.65. The predicted octanol–water partition coefficient (Wildman–Crippen LogP) is 3.16. The average molecular weight is 344 g/mol. The molecule has 0 aliphatic heterocycles. The second-order valence-electron chi connectivity index (χ2n) is 9.62. The summed E-state index contributed by atoms with van der Waals surface area (Å²) in [5.41, 5.74) is -0.577. The van der Waals surface area contributed by atoms with Gasteiger partial charge in [0.15, 0.2) is 0 Å². The van der Waals surface area contributed by atoms with E-state index in [1.54, 1.807) is 6.92 Å². The van der Waals surface area contributed by atoms with Crippen molar-refractivity contribution in [2.45, 2.75) is 65.7 Å². The van der Waals surface area contributed by atoms with Crippen molar-refractivity contribution < 1.29 is 19.2 Å². The van der Waals surface area contributed by atoms with Crippen LogP contribution in [0.4, 0.5) is 0 Å². The molecule has 0 radical (unpaired) electrons. The number of ketones is 4. The minimum atomic E-state index is -0.354. The average Bonchev–Trinajstić information content (AvgIpc) is 2.85. The third-order valence-electron chi connectivity index (χ3n) is 8.47. The minimum Gasteiger partial charge on any atom is -0.300 e. The number of hydrogen-bond acceptors (Lipinski definition) is 4. The molecule has 4 nitrogen and oxygen atoms in total. The monoisotopic (exact) mass is 344 g/mol. The van der Waals surface area contributed by atoms with E-state index >= 15 is 0 Å². The van der Waals surface area contributed by atoms with Crippen molar-refractivity contribution in [1.29, 1.82) is 0 Å². The molecule has 0 aromatic carbocycles. The van der Waals surface area contributed by atoms with E-state index in [4.69, 9.17) is 0 Å². The van der Waals surface area contributed by atoms with E-state index < -0.39 is 0 Å². The van der Waals surface area contributed by atoms with Crippen LogP contribution < -0.4 is 0 Å². The second kappa shape index (κ2) is 5.34. The van der Waals surface area contributed by atoms with Crippen molar-refractivity contribution in [3.8, 4) is 0 Å². The Labute approximate surface area is 149 Å². The lowest BCUT2D eigenvalue weighted by Gasteiger charge is -2.58. The molecule has 0 aromatic heterocycles. The second-order valence-corrected chi connectivity index (χ2v) is 9.62. The molecule has 136 valence electrons. The van der Waals surface area contributed by atoms with Gasteiger partial charge in [0.25, 0.3) is 0 Å². The Bertz CT molecular complexity index is 679. The van der Waals surface area contributed by atoms with Crippen molar-refractivity contribution in [2.24, 2.45) is 40.4 Å². The third kappa shape index (κ3) is 2.18. The summed E-state index contributed by atoms with van der Waals surface area (Å²) in [4.78, 5) is 50.4. The molecule has 0 bridgehead atoms. The fourth-order valence-corrected chi connectivity index (χ4v) is 7.20. The lowest BCUT2D eigenvalue weighted by atomic mass is 9.44. The van der Waals surface area contributed by atoms with Crippen molar-refractivity contribution >= 4 is 23.1 Å². The first-order valence-corrected chi connectivity index (χ1v) is 9.76. The van der Waals surface area contributed by atoms with Gasteiger partial charge in [-0.15, -0.1) is 0 Å². The van der Waals surface area contributed by atoms with E-state index in [0.29, 0.717) is 25.7 Å². The molecule has 4 fully saturated rings. The first-order valence-electron chi connectivity index (χ1n) is 9.76.